The van der Waals surface area contributed by atoms with Crippen LogP contribution in [-0.4, -0.2) is 4.98 Å². The fourth-order valence-electron chi connectivity index (χ4n) is 2.74. The van der Waals surface area contributed by atoms with Gasteiger partial charge in [0, 0.05) is 16.7 Å². The fraction of sp³-hybridized carbons (Fsp3) is 0.0455. The molecule has 27 heavy (non-hydrogen) atoms. The normalized spacial score (nSPS) is 10.7. The van der Waals surface area contributed by atoms with Gasteiger partial charge in [-0.1, -0.05) is 78.3 Å². The van der Waals surface area contributed by atoms with Gasteiger partial charge in [-0.2, -0.15) is 4.98 Å². The van der Waals surface area contributed by atoms with Crippen molar-refractivity contribution in [3.05, 3.63) is 95.3 Å². The summed E-state index contributed by atoms with van der Waals surface area (Å²) in [4.78, 5) is 4.48. The summed E-state index contributed by atoms with van der Waals surface area (Å²) >= 11 is 6.05. The van der Waals surface area contributed by atoms with Gasteiger partial charge in [-0.3, -0.25) is 0 Å². The Hall–Kier alpha value is -3.11. The summed E-state index contributed by atoms with van der Waals surface area (Å²) in [7, 11) is 0. The standard InChI is InChI=1S/C22H15ClFNO2/c23-18-12-7-13-19(24)17(18)14-26-22-25-20(15-8-3-1-4-9-15)21(27-22)16-10-5-2-6-11-16/h1-13H,14H2. The Bertz CT molecular complexity index is 971. The molecule has 5 heteroatoms. The molecule has 4 aromatic rings. The second kappa shape index (κ2) is 7.64. The van der Waals surface area contributed by atoms with Gasteiger partial charge in [0.05, 0.1) is 5.02 Å². The van der Waals surface area contributed by atoms with Crippen molar-refractivity contribution in [1.29, 1.82) is 0 Å². The molecule has 1 heterocycles. The van der Waals surface area contributed by atoms with Gasteiger partial charge in [0.2, 0.25) is 0 Å². The fourth-order valence-corrected chi connectivity index (χ4v) is 2.96. The first-order valence-corrected chi connectivity index (χ1v) is 8.77. The molecule has 0 spiro atoms. The van der Waals surface area contributed by atoms with E-state index in [-0.39, 0.29) is 18.2 Å². The van der Waals surface area contributed by atoms with E-state index in [1.54, 1.807) is 12.1 Å². The summed E-state index contributed by atoms with van der Waals surface area (Å²) in [5.74, 6) is 0.164. The van der Waals surface area contributed by atoms with Crippen LogP contribution in [0.2, 0.25) is 5.02 Å². The lowest BCUT2D eigenvalue weighted by atomic mass is 10.1. The highest BCUT2D eigenvalue weighted by Gasteiger charge is 2.18. The van der Waals surface area contributed by atoms with E-state index < -0.39 is 5.82 Å². The second-order valence-electron chi connectivity index (χ2n) is 5.88. The molecule has 0 radical (unpaired) electrons. The number of aromatic nitrogens is 1. The number of nitrogens with zero attached hydrogens (tertiary/aromatic N) is 1. The quantitative estimate of drug-likeness (QED) is 0.403. The second-order valence-corrected chi connectivity index (χ2v) is 6.29. The Labute approximate surface area is 161 Å². The summed E-state index contributed by atoms with van der Waals surface area (Å²) in [5, 5.41) is 0.299. The molecule has 0 N–H and O–H groups in total. The van der Waals surface area contributed by atoms with Crippen molar-refractivity contribution >= 4 is 11.6 Å². The molecular formula is C22H15ClFNO2. The zero-order chi connectivity index (χ0) is 18.6. The maximum absolute atomic E-state index is 14.0. The van der Waals surface area contributed by atoms with Gasteiger partial charge in [-0.15, -0.1) is 0 Å². The average Bonchev–Trinajstić information content (AvgIpc) is 3.13. The topological polar surface area (TPSA) is 35.3 Å². The van der Waals surface area contributed by atoms with Crippen LogP contribution in [0.25, 0.3) is 22.6 Å². The maximum Gasteiger partial charge on any atom is 0.395 e. The Morgan fingerprint density at radius 2 is 1.52 bits per heavy atom. The third-order valence-corrected chi connectivity index (χ3v) is 4.45. The molecule has 4 rings (SSSR count). The Balaban J connectivity index is 1.69. The molecule has 0 unspecified atom stereocenters. The van der Waals surface area contributed by atoms with Crippen LogP contribution in [-0.2, 0) is 6.61 Å². The van der Waals surface area contributed by atoms with Gasteiger partial charge in [0.1, 0.15) is 18.1 Å². The molecule has 0 atom stereocenters. The molecule has 0 bridgehead atoms. The van der Waals surface area contributed by atoms with E-state index in [0.717, 1.165) is 11.1 Å². The van der Waals surface area contributed by atoms with Crippen molar-refractivity contribution in [2.75, 3.05) is 0 Å². The maximum atomic E-state index is 14.0. The van der Waals surface area contributed by atoms with E-state index >= 15 is 0 Å². The predicted molar refractivity (Wildman–Crippen MR) is 103 cm³/mol. The van der Waals surface area contributed by atoms with Crippen LogP contribution in [0.15, 0.2) is 83.3 Å². The SMILES string of the molecule is Fc1cccc(Cl)c1COc1nc(-c2ccccc2)c(-c2ccccc2)o1. The molecule has 134 valence electrons. The van der Waals surface area contributed by atoms with Gasteiger partial charge >= 0.3 is 6.08 Å². The minimum absolute atomic E-state index is 0.0621. The summed E-state index contributed by atoms with van der Waals surface area (Å²) < 4.78 is 25.4. The molecular weight excluding hydrogens is 365 g/mol. The molecule has 0 saturated carbocycles. The largest absolute Gasteiger partial charge is 0.445 e. The number of hydrogen-bond donors (Lipinski definition) is 0. The van der Waals surface area contributed by atoms with Crippen LogP contribution >= 0.6 is 11.6 Å². The highest BCUT2D eigenvalue weighted by molar-refractivity contribution is 6.31. The highest BCUT2D eigenvalue weighted by atomic mass is 35.5. The van der Waals surface area contributed by atoms with E-state index in [4.69, 9.17) is 20.8 Å². The van der Waals surface area contributed by atoms with Crippen molar-refractivity contribution in [1.82, 2.24) is 4.98 Å². The number of halogens is 2. The zero-order valence-corrected chi connectivity index (χ0v) is 15.0. The third kappa shape index (κ3) is 3.71. The lowest BCUT2D eigenvalue weighted by Gasteiger charge is -2.05. The lowest BCUT2D eigenvalue weighted by molar-refractivity contribution is 0.219. The van der Waals surface area contributed by atoms with Gasteiger partial charge in [-0.05, 0) is 12.1 Å². The Kier molecular flexibility index (Phi) is 4.90. The molecule has 1 aromatic heterocycles. The van der Waals surface area contributed by atoms with E-state index in [1.165, 1.54) is 6.07 Å². The average molecular weight is 380 g/mol. The van der Waals surface area contributed by atoms with Gasteiger partial charge < -0.3 is 9.15 Å². The number of rotatable bonds is 5. The molecule has 3 aromatic carbocycles. The van der Waals surface area contributed by atoms with Gasteiger partial charge in [-0.25, -0.2) is 4.39 Å². The van der Waals surface area contributed by atoms with Crippen molar-refractivity contribution in [3.8, 4) is 28.7 Å². The number of hydrogen-bond acceptors (Lipinski definition) is 3. The molecule has 0 aliphatic heterocycles. The molecule has 0 aliphatic rings. The van der Waals surface area contributed by atoms with Crippen molar-refractivity contribution in [3.63, 3.8) is 0 Å². The van der Waals surface area contributed by atoms with Gasteiger partial charge in [0.15, 0.2) is 5.76 Å². The van der Waals surface area contributed by atoms with Crippen LogP contribution in [0.1, 0.15) is 5.56 Å². The molecule has 0 aliphatic carbocycles. The Morgan fingerprint density at radius 3 is 2.19 bits per heavy atom. The number of ether oxygens (including phenoxy) is 1. The minimum atomic E-state index is -0.430. The smallest absolute Gasteiger partial charge is 0.395 e. The minimum Gasteiger partial charge on any atom is -0.445 e. The summed E-state index contributed by atoms with van der Waals surface area (Å²) in [6, 6.07) is 23.8. The lowest BCUT2D eigenvalue weighted by Crippen LogP contribution is -1.99. The Morgan fingerprint density at radius 1 is 0.852 bits per heavy atom. The van der Waals surface area contributed by atoms with E-state index in [1.807, 2.05) is 60.7 Å². The van der Waals surface area contributed by atoms with Crippen LogP contribution in [0.4, 0.5) is 4.39 Å². The first-order chi connectivity index (χ1) is 13.2. The number of oxazole rings is 1. The molecule has 0 fully saturated rings. The highest BCUT2D eigenvalue weighted by Crippen LogP contribution is 2.35. The summed E-state index contributed by atoms with van der Waals surface area (Å²) in [6.45, 7) is -0.0749. The monoisotopic (exact) mass is 379 g/mol. The molecule has 0 amide bonds. The van der Waals surface area contributed by atoms with E-state index in [9.17, 15) is 4.39 Å². The van der Waals surface area contributed by atoms with E-state index in [0.29, 0.717) is 16.5 Å². The van der Waals surface area contributed by atoms with Gasteiger partial charge in [0.25, 0.3) is 0 Å². The predicted octanol–water partition coefficient (Wildman–Crippen LogP) is 6.38. The van der Waals surface area contributed by atoms with E-state index in [2.05, 4.69) is 4.98 Å². The molecule has 3 nitrogen and oxygen atoms in total. The van der Waals surface area contributed by atoms with Crippen LogP contribution in [0, 0.1) is 5.82 Å². The molecule has 0 saturated heterocycles. The van der Waals surface area contributed by atoms with Crippen LogP contribution in [0.3, 0.4) is 0 Å². The first-order valence-electron chi connectivity index (χ1n) is 8.40. The van der Waals surface area contributed by atoms with Crippen molar-refractivity contribution in [2.45, 2.75) is 6.61 Å². The summed E-state index contributed by atoms with van der Waals surface area (Å²) in [6.07, 6.45) is 0.0621. The first kappa shape index (κ1) is 17.3. The van der Waals surface area contributed by atoms with Crippen molar-refractivity contribution in [2.24, 2.45) is 0 Å². The van der Waals surface area contributed by atoms with Crippen molar-refractivity contribution < 1.29 is 13.5 Å². The van der Waals surface area contributed by atoms with Crippen LogP contribution < -0.4 is 4.74 Å². The third-order valence-electron chi connectivity index (χ3n) is 4.09. The van der Waals surface area contributed by atoms with Crippen LogP contribution in [0.5, 0.6) is 6.08 Å². The zero-order valence-electron chi connectivity index (χ0n) is 14.2. The number of benzene rings is 3. The summed E-state index contributed by atoms with van der Waals surface area (Å²) in [5.41, 5.74) is 2.71.